The van der Waals surface area contributed by atoms with Gasteiger partial charge in [0.05, 0.1) is 17.2 Å². The van der Waals surface area contributed by atoms with Crippen molar-refractivity contribution in [3.63, 3.8) is 0 Å². The van der Waals surface area contributed by atoms with Crippen LogP contribution in [0.1, 0.15) is 25.0 Å². The van der Waals surface area contributed by atoms with Gasteiger partial charge >= 0.3 is 0 Å². The van der Waals surface area contributed by atoms with Gasteiger partial charge in [-0.3, -0.25) is 13.9 Å². The maximum atomic E-state index is 14.4. The third-order valence-electron chi connectivity index (χ3n) is 6.98. The van der Waals surface area contributed by atoms with E-state index in [9.17, 15) is 22.4 Å². The highest BCUT2D eigenvalue weighted by molar-refractivity contribution is 9.10. The number of hydrogen-bond acceptors (Lipinski definition) is 5. The summed E-state index contributed by atoms with van der Waals surface area (Å²) in [5, 5.41) is 2.84. The standard InChI is InChI=1S/C34H35BrFN3O5S/c1-3-37-34(41)32(22-25-9-6-5-7-10-25)38(23-26-11-8-12-27(35)21-26)33(40)24-39(29-15-17-30(18-16-29)44-4-2)45(42,43)31-19-13-28(36)14-20-31/h5-21,32H,3-4,22-24H2,1-2H3,(H,37,41)/t32-/m0/s1. The molecule has 1 atom stereocenters. The van der Waals surface area contributed by atoms with E-state index in [1.807, 2.05) is 61.5 Å². The van der Waals surface area contributed by atoms with Crippen molar-refractivity contribution >= 4 is 43.5 Å². The summed E-state index contributed by atoms with van der Waals surface area (Å²) in [6.07, 6.45) is 0.209. The predicted molar refractivity (Wildman–Crippen MR) is 176 cm³/mol. The van der Waals surface area contributed by atoms with Crippen LogP contribution in [0.4, 0.5) is 10.1 Å². The molecule has 4 aromatic carbocycles. The molecule has 2 amide bonds. The number of anilines is 1. The van der Waals surface area contributed by atoms with Crippen LogP contribution in [0, 0.1) is 5.82 Å². The predicted octanol–water partition coefficient (Wildman–Crippen LogP) is 5.96. The fourth-order valence-corrected chi connectivity index (χ4v) is 6.68. The zero-order chi connectivity index (χ0) is 32.4. The summed E-state index contributed by atoms with van der Waals surface area (Å²) >= 11 is 3.47. The van der Waals surface area contributed by atoms with Crippen molar-refractivity contribution in [3.05, 3.63) is 125 Å². The molecule has 0 saturated carbocycles. The second kappa shape index (κ2) is 15.7. The molecule has 0 unspecified atom stereocenters. The highest BCUT2D eigenvalue weighted by Gasteiger charge is 2.34. The summed E-state index contributed by atoms with van der Waals surface area (Å²) in [7, 11) is -4.35. The molecule has 0 aromatic heterocycles. The number of hydrogen-bond donors (Lipinski definition) is 1. The van der Waals surface area contributed by atoms with Crippen molar-refractivity contribution in [1.29, 1.82) is 0 Å². The Morgan fingerprint density at radius 2 is 1.56 bits per heavy atom. The van der Waals surface area contributed by atoms with Crippen LogP contribution in [0.15, 0.2) is 112 Å². The molecule has 236 valence electrons. The van der Waals surface area contributed by atoms with Crippen molar-refractivity contribution in [1.82, 2.24) is 10.2 Å². The molecule has 1 N–H and O–H groups in total. The normalized spacial score (nSPS) is 11.8. The SMILES string of the molecule is CCNC(=O)[C@H](Cc1ccccc1)N(Cc1cccc(Br)c1)C(=O)CN(c1ccc(OCC)cc1)S(=O)(=O)c1ccc(F)cc1. The molecule has 0 aliphatic heterocycles. The Morgan fingerprint density at radius 1 is 0.889 bits per heavy atom. The van der Waals surface area contributed by atoms with Crippen molar-refractivity contribution in [3.8, 4) is 5.75 Å². The largest absolute Gasteiger partial charge is 0.494 e. The quantitative estimate of drug-likeness (QED) is 0.176. The first-order valence-electron chi connectivity index (χ1n) is 14.5. The average molecular weight is 697 g/mol. The van der Waals surface area contributed by atoms with Gasteiger partial charge in [-0.25, -0.2) is 12.8 Å². The van der Waals surface area contributed by atoms with Crippen molar-refractivity contribution < 1.29 is 27.1 Å². The summed E-state index contributed by atoms with van der Waals surface area (Å²) in [4.78, 5) is 29.2. The van der Waals surface area contributed by atoms with Crippen LogP contribution >= 0.6 is 15.9 Å². The number of halogens is 2. The lowest BCUT2D eigenvalue weighted by Gasteiger charge is -2.34. The number of sulfonamides is 1. The van der Waals surface area contributed by atoms with Crippen LogP contribution < -0.4 is 14.4 Å². The molecule has 45 heavy (non-hydrogen) atoms. The highest BCUT2D eigenvalue weighted by atomic mass is 79.9. The minimum absolute atomic E-state index is 0.0423. The Morgan fingerprint density at radius 3 is 2.18 bits per heavy atom. The summed E-state index contributed by atoms with van der Waals surface area (Å²) in [5.41, 5.74) is 1.79. The maximum Gasteiger partial charge on any atom is 0.264 e. The van der Waals surface area contributed by atoms with E-state index in [1.165, 1.54) is 4.90 Å². The molecule has 4 aromatic rings. The second-order valence-electron chi connectivity index (χ2n) is 10.1. The van der Waals surface area contributed by atoms with Crippen LogP contribution in [0.2, 0.25) is 0 Å². The monoisotopic (exact) mass is 695 g/mol. The number of carbonyl (C=O) groups excluding carboxylic acids is 2. The van der Waals surface area contributed by atoms with Gasteiger partial charge in [-0.2, -0.15) is 0 Å². The van der Waals surface area contributed by atoms with Gasteiger partial charge in [0, 0.05) is 24.0 Å². The van der Waals surface area contributed by atoms with Gasteiger partial charge in [-0.15, -0.1) is 0 Å². The van der Waals surface area contributed by atoms with Crippen LogP contribution in [0.5, 0.6) is 5.75 Å². The van der Waals surface area contributed by atoms with Gasteiger partial charge in [-0.05, 0) is 85.6 Å². The maximum absolute atomic E-state index is 14.4. The van der Waals surface area contributed by atoms with Gasteiger partial charge in [0.2, 0.25) is 11.8 Å². The Hall–Kier alpha value is -4.22. The molecule has 11 heteroatoms. The fraction of sp³-hybridized carbons (Fsp3) is 0.235. The van der Waals surface area contributed by atoms with Gasteiger partial charge in [0.15, 0.2) is 0 Å². The zero-order valence-corrected chi connectivity index (χ0v) is 27.4. The van der Waals surface area contributed by atoms with Crippen LogP contribution in [0.25, 0.3) is 0 Å². The number of carbonyl (C=O) groups is 2. The molecule has 4 rings (SSSR count). The molecule has 0 heterocycles. The van der Waals surface area contributed by atoms with E-state index >= 15 is 0 Å². The molecular weight excluding hydrogens is 661 g/mol. The lowest BCUT2D eigenvalue weighted by atomic mass is 10.0. The van der Waals surface area contributed by atoms with Crippen molar-refractivity contribution in [2.24, 2.45) is 0 Å². The molecule has 0 aliphatic rings. The second-order valence-corrected chi connectivity index (χ2v) is 12.9. The lowest BCUT2D eigenvalue weighted by molar-refractivity contribution is -0.140. The van der Waals surface area contributed by atoms with Crippen LogP contribution in [-0.4, -0.2) is 50.9 Å². The zero-order valence-electron chi connectivity index (χ0n) is 25.0. The van der Waals surface area contributed by atoms with Crippen molar-refractivity contribution in [2.75, 3.05) is 24.0 Å². The smallest absolute Gasteiger partial charge is 0.264 e. The molecule has 0 fully saturated rings. The molecule has 0 aliphatic carbocycles. The minimum atomic E-state index is -4.35. The number of nitrogens with one attached hydrogen (secondary N) is 1. The van der Waals surface area contributed by atoms with Gasteiger partial charge in [0.1, 0.15) is 24.2 Å². The van der Waals surface area contributed by atoms with E-state index in [0.717, 1.165) is 44.2 Å². The van der Waals surface area contributed by atoms with Gasteiger partial charge in [0.25, 0.3) is 10.0 Å². The summed E-state index contributed by atoms with van der Waals surface area (Å²) in [6, 6.07) is 26.5. The summed E-state index contributed by atoms with van der Waals surface area (Å²) in [6.45, 7) is 3.81. The van der Waals surface area contributed by atoms with E-state index in [1.54, 1.807) is 31.2 Å². The number of likely N-dealkylation sites (N-methyl/N-ethyl adjacent to an activating group) is 1. The van der Waals surface area contributed by atoms with Crippen molar-refractivity contribution in [2.45, 2.75) is 37.8 Å². The first-order valence-corrected chi connectivity index (χ1v) is 16.7. The van der Waals surface area contributed by atoms with Crippen LogP contribution in [0.3, 0.4) is 0 Å². The molecule has 0 spiro atoms. The molecule has 0 bridgehead atoms. The highest BCUT2D eigenvalue weighted by Crippen LogP contribution is 2.27. The summed E-state index contributed by atoms with van der Waals surface area (Å²) in [5.74, 6) is -1.02. The molecule has 0 saturated heterocycles. The van der Waals surface area contributed by atoms with E-state index in [2.05, 4.69) is 21.2 Å². The first kappa shape index (κ1) is 33.7. The van der Waals surface area contributed by atoms with Gasteiger partial charge in [-0.1, -0.05) is 58.4 Å². The van der Waals surface area contributed by atoms with Gasteiger partial charge < -0.3 is 15.0 Å². The third kappa shape index (κ3) is 8.92. The Labute approximate surface area is 272 Å². The molecule has 8 nitrogen and oxygen atoms in total. The Balaban J connectivity index is 1.79. The lowest BCUT2D eigenvalue weighted by Crippen LogP contribution is -2.53. The van der Waals surface area contributed by atoms with E-state index in [4.69, 9.17) is 4.74 Å². The van der Waals surface area contributed by atoms with E-state index in [0.29, 0.717) is 18.9 Å². The number of amides is 2. The van der Waals surface area contributed by atoms with E-state index in [-0.39, 0.29) is 29.5 Å². The molecule has 0 radical (unpaired) electrons. The topological polar surface area (TPSA) is 96.0 Å². The fourth-order valence-electron chi connectivity index (χ4n) is 4.82. The number of nitrogens with zero attached hydrogens (tertiary/aromatic N) is 2. The minimum Gasteiger partial charge on any atom is -0.494 e. The number of ether oxygens (including phenoxy) is 1. The number of rotatable bonds is 14. The first-order chi connectivity index (χ1) is 21.6. The van der Waals surface area contributed by atoms with Crippen LogP contribution in [-0.2, 0) is 32.6 Å². The third-order valence-corrected chi connectivity index (χ3v) is 9.26. The molecular formula is C34H35BrFN3O5S. The average Bonchev–Trinajstić information content (AvgIpc) is 3.03. The summed E-state index contributed by atoms with van der Waals surface area (Å²) < 4.78 is 49.1. The Bertz CT molecular complexity index is 1690. The Kier molecular flexibility index (Phi) is 11.7. The van der Waals surface area contributed by atoms with E-state index < -0.39 is 34.3 Å². The number of benzene rings is 4.